The Morgan fingerprint density at radius 1 is 0.760 bits per heavy atom. The van der Waals surface area contributed by atoms with Crippen LogP contribution in [-0.2, 0) is 0 Å². The topological polar surface area (TPSA) is 0 Å². The molecule has 0 heterocycles. The van der Waals surface area contributed by atoms with Gasteiger partial charge in [0.1, 0.15) is 0 Å². The highest BCUT2D eigenvalue weighted by Crippen LogP contribution is 2.44. The largest absolute Gasteiger partial charge is 0.0654 e. The van der Waals surface area contributed by atoms with Gasteiger partial charge in [-0.05, 0) is 79.9 Å². The molecule has 2 fully saturated rings. The van der Waals surface area contributed by atoms with Crippen molar-refractivity contribution in [2.24, 2.45) is 17.8 Å². The van der Waals surface area contributed by atoms with Gasteiger partial charge in [-0.25, -0.2) is 0 Å². The van der Waals surface area contributed by atoms with Gasteiger partial charge in [-0.2, -0.15) is 0 Å². The first kappa shape index (κ1) is 19.5. The molecule has 0 bridgehead atoms. The van der Waals surface area contributed by atoms with E-state index in [1.165, 1.54) is 87.9 Å². The van der Waals surface area contributed by atoms with Gasteiger partial charge in [0.05, 0.1) is 0 Å². The Kier molecular flexibility index (Phi) is 7.90. The van der Waals surface area contributed by atoms with E-state index in [0.717, 1.165) is 23.7 Å². The van der Waals surface area contributed by atoms with E-state index in [1.807, 2.05) is 0 Å². The molecule has 0 radical (unpaired) electrons. The van der Waals surface area contributed by atoms with Gasteiger partial charge in [0.15, 0.2) is 0 Å². The predicted octanol–water partition coefficient (Wildman–Crippen LogP) is 8.50. The number of halogens is 1. The van der Waals surface area contributed by atoms with Crippen LogP contribution < -0.4 is 0 Å². The summed E-state index contributed by atoms with van der Waals surface area (Å²) in [6.07, 6.45) is 19.2. The van der Waals surface area contributed by atoms with Gasteiger partial charge in [0.2, 0.25) is 0 Å². The molecule has 0 atom stereocenters. The fraction of sp³-hybridized carbons (Fsp3) is 0.750. The van der Waals surface area contributed by atoms with Crippen LogP contribution in [0.3, 0.4) is 0 Å². The molecule has 0 saturated heterocycles. The molecule has 0 unspecified atom stereocenters. The standard InChI is InChI=1S/C24H37Br/c1-2-3-4-5-6-19-7-9-20(10-8-19)21-11-13-22(14-12-21)23-15-17-24(25)18-16-23/h15-22H,2-14H2,1H3/t19-,20-,21-,22-. The second-order valence-corrected chi connectivity index (χ2v) is 9.71. The lowest BCUT2D eigenvalue weighted by Gasteiger charge is -2.38. The van der Waals surface area contributed by atoms with Crippen LogP contribution in [0.25, 0.3) is 0 Å². The first-order valence-electron chi connectivity index (χ1n) is 11.0. The highest BCUT2D eigenvalue weighted by atomic mass is 79.9. The third kappa shape index (κ3) is 5.84. The summed E-state index contributed by atoms with van der Waals surface area (Å²) in [6, 6.07) is 9.09. The summed E-state index contributed by atoms with van der Waals surface area (Å²) in [6.45, 7) is 2.32. The molecule has 1 aromatic rings. The lowest BCUT2D eigenvalue weighted by Crippen LogP contribution is -2.25. The van der Waals surface area contributed by atoms with E-state index in [1.54, 1.807) is 5.56 Å². The minimum Gasteiger partial charge on any atom is -0.0654 e. The first-order valence-corrected chi connectivity index (χ1v) is 11.8. The molecule has 0 nitrogen and oxygen atoms in total. The predicted molar refractivity (Wildman–Crippen MR) is 113 cm³/mol. The normalized spacial score (nSPS) is 30.3. The lowest BCUT2D eigenvalue weighted by atomic mass is 9.68. The molecule has 1 aromatic carbocycles. The summed E-state index contributed by atoms with van der Waals surface area (Å²) in [5, 5.41) is 0. The molecular weight excluding hydrogens is 368 g/mol. The van der Waals surface area contributed by atoms with Gasteiger partial charge in [-0.15, -0.1) is 0 Å². The molecule has 2 aliphatic rings. The zero-order chi connectivity index (χ0) is 17.5. The van der Waals surface area contributed by atoms with Crippen molar-refractivity contribution in [1.82, 2.24) is 0 Å². The number of benzene rings is 1. The van der Waals surface area contributed by atoms with Crippen molar-refractivity contribution in [1.29, 1.82) is 0 Å². The Hall–Kier alpha value is -0.300. The van der Waals surface area contributed by atoms with E-state index in [2.05, 4.69) is 47.1 Å². The van der Waals surface area contributed by atoms with E-state index < -0.39 is 0 Å². The van der Waals surface area contributed by atoms with Crippen LogP contribution in [0.5, 0.6) is 0 Å². The molecule has 0 amide bonds. The van der Waals surface area contributed by atoms with Crippen molar-refractivity contribution >= 4 is 15.9 Å². The summed E-state index contributed by atoms with van der Waals surface area (Å²) in [4.78, 5) is 0. The lowest BCUT2D eigenvalue weighted by molar-refractivity contribution is 0.155. The molecule has 0 aliphatic heterocycles. The Morgan fingerprint density at radius 3 is 1.96 bits per heavy atom. The number of hydrogen-bond acceptors (Lipinski definition) is 0. The molecule has 25 heavy (non-hydrogen) atoms. The Morgan fingerprint density at radius 2 is 1.36 bits per heavy atom. The zero-order valence-corrected chi connectivity index (χ0v) is 17.8. The number of hydrogen-bond donors (Lipinski definition) is 0. The summed E-state index contributed by atoms with van der Waals surface area (Å²) < 4.78 is 1.20. The maximum atomic E-state index is 3.56. The average Bonchev–Trinajstić information content (AvgIpc) is 2.67. The maximum Gasteiger partial charge on any atom is 0.0175 e. The minimum absolute atomic E-state index is 0.819. The Labute approximate surface area is 164 Å². The SMILES string of the molecule is CCCCCC[C@H]1CC[C@H]([C@H]2CC[C@H](c3ccc(Br)cc3)CC2)CC1. The molecule has 2 saturated carbocycles. The van der Waals surface area contributed by atoms with Gasteiger partial charge in [-0.1, -0.05) is 79.9 Å². The quantitative estimate of drug-likeness (QED) is 0.399. The van der Waals surface area contributed by atoms with Gasteiger partial charge < -0.3 is 0 Å². The molecule has 0 N–H and O–H groups in total. The second-order valence-electron chi connectivity index (χ2n) is 8.79. The van der Waals surface area contributed by atoms with Gasteiger partial charge in [0.25, 0.3) is 0 Å². The first-order chi connectivity index (χ1) is 12.3. The van der Waals surface area contributed by atoms with E-state index in [9.17, 15) is 0 Å². The fourth-order valence-electron chi connectivity index (χ4n) is 5.47. The van der Waals surface area contributed by atoms with E-state index in [0.29, 0.717) is 0 Å². The van der Waals surface area contributed by atoms with Gasteiger partial charge >= 0.3 is 0 Å². The van der Waals surface area contributed by atoms with Crippen molar-refractivity contribution in [3.8, 4) is 0 Å². The summed E-state index contributed by atoms with van der Waals surface area (Å²) >= 11 is 3.56. The van der Waals surface area contributed by atoms with Crippen molar-refractivity contribution in [3.63, 3.8) is 0 Å². The molecule has 0 aromatic heterocycles. The van der Waals surface area contributed by atoms with Crippen LogP contribution >= 0.6 is 15.9 Å². The van der Waals surface area contributed by atoms with Gasteiger partial charge in [-0.3, -0.25) is 0 Å². The van der Waals surface area contributed by atoms with E-state index in [4.69, 9.17) is 0 Å². The fourth-order valence-corrected chi connectivity index (χ4v) is 5.73. The summed E-state index contributed by atoms with van der Waals surface area (Å²) in [5.74, 6) is 3.97. The summed E-state index contributed by atoms with van der Waals surface area (Å²) in [7, 11) is 0. The van der Waals surface area contributed by atoms with Gasteiger partial charge in [0, 0.05) is 4.47 Å². The molecular formula is C24H37Br. The molecule has 0 spiro atoms. The smallest absolute Gasteiger partial charge is 0.0175 e. The maximum absolute atomic E-state index is 3.56. The van der Waals surface area contributed by atoms with Crippen LogP contribution in [0.1, 0.15) is 102 Å². The number of rotatable bonds is 7. The average molecular weight is 405 g/mol. The van der Waals surface area contributed by atoms with Crippen molar-refractivity contribution in [3.05, 3.63) is 34.3 Å². The highest BCUT2D eigenvalue weighted by molar-refractivity contribution is 9.10. The minimum atomic E-state index is 0.819. The monoisotopic (exact) mass is 404 g/mol. The Balaban J connectivity index is 1.37. The molecule has 140 valence electrons. The second kappa shape index (κ2) is 10.1. The highest BCUT2D eigenvalue weighted by Gasteiger charge is 2.31. The molecule has 1 heteroatoms. The third-order valence-corrected chi connectivity index (χ3v) is 7.67. The van der Waals surface area contributed by atoms with E-state index in [-0.39, 0.29) is 0 Å². The van der Waals surface area contributed by atoms with Crippen molar-refractivity contribution in [2.75, 3.05) is 0 Å². The van der Waals surface area contributed by atoms with Crippen LogP contribution in [0, 0.1) is 17.8 Å². The van der Waals surface area contributed by atoms with Crippen LogP contribution in [0.15, 0.2) is 28.7 Å². The van der Waals surface area contributed by atoms with Crippen LogP contribution in [-0.4, -0.2) is 0 Å². The van der Waals surface area contributed by atoms with E-state index >= 15 is 0 Å². The Bertz CT molecular complexity index is 475. The van der Waals surface area contributed by atoms with Crippen LogP contribution in [0.2, 0.25) is 0 Å². The van der Waals surface area contributed by atoms with Crippen LogP contribution in [0.4, 0.5) is 0 Å². The number of unbranched alkanes of at least 4 members (excludes halogenated alkanes) is 3. The third-order valence-electron chi connectivity index (χ3n) is 7.14. The van der Waals surface area contributed by atoms with Crippen molar-refractivity contribution < 1.29 is 0 Å². The molecule has 3 rings (SSSR count). The summed E-state index contributed by atoms with van der Waals surface area (Å²) in [5.41, 5.74) is 1.57. The zero-order valence-electron chi connectivity index (χ0n) is 16.2. The van der Waals surface area contributed by atoms with Crippen molar-refractivity contribution in [2.45, 2.75) is 96.3 Å². The molecule has 2 aliphatic carbocycles.